The normalized spacial score (nSPS) is 40.9. The van der Waals surface area contributed by atoms with Crippen molar-refractivity contribution in [3.8, 4) is 0 Å². The molecule has 19 heavy (non-hydrogen) atoms. The Morgan fingerprint density at radius 3 is 2.84 bits per heavy atom. The van der Waals surface area contributed by atoms with Crippen LogP contribution < -0.4 is 5.32 Å². The number of nitrogens with zero attached hydrogens (tertiary/aromatic N) is 2. The Kier molecular flexibility index (Phi) is 2.59. The van der Waals surface area contributed by atoms with Crippen LogP contribution in [0.5, 0.6) is 0 Å². The molecular formula is C14H21N3O2. The number of amides is 2. The third-order valence-electron chi connectivity index (χ3n) is 5.42. The predicted molar refractivity (Wildman–Crippen MR) is 69.4 cm³/mol. The number of carbonyl (C=O) groups excluding carboxylic acids is 2. The number of nitrogens with one attached hydrogen (secondary N) is 1. The Balaban J connectivity index is 1.43. The lowest BCUT2D eigenvalue weighted by molar-refractivity contribution is -0.142. The quantitative estimate of drug-likeness (QED) is 0.722. The summed E-state index contributed by atoms with van der Waals surface area (Å²) >= 11 is 0. The fraction of sp³-hybridized carbons (Fsp3) is 0.857. The third-order valence-corrected chi connectivity index (χ3v) is 5.42. The summed E-state index contributed by atoms with van der Waals surface area (Å²) in [5, 5.41) is 3.54. The minimum atomic E-state index is 0.197. The van der Waals surface area contributed by atoms with E-state index in [1.807, 2.05) is 9.80 Å². The molecule has 0 aromatic heterocycles. The summed E-state index contributed by atoms with van der Waals surface area (Å²) in [5.74, 6) is 0.805. The molecule has 4 rings (SSSR count). The summed E-state index contributed by atoms with van der Waals surface area (Å²) in [7, 11) is 0. The van der Waals surface area contributed by atoms with E-state index in [2.05, 4.69) is 5.32 Å². The zero-order chi connectivity index (χ0) is 13.0. The zero-order valence-corrected chi connectivity index (χ0v) is 11.2. The molecule has 0 aromatic rings. The van der Waals surface area contributed by atoms with Crippen LogP contribution in [-0.4, -0.2) is 59.4 Å². The van der Waals surface area contributed by atoms with Crippen molar-refractivity contribution in [2.24, 2.45) is 5.92 Å². The molecule has 4 heterocycles. The molecule has 4 aliphatic heterocycles. The molecule has 4 fully saturated rings. The average Bonchev–Trinajstić information content (AvgIpc) is 3.13. The van der Waals surface area contributed by atoms with E-state index in [-0.39, 0.29) is 17.9 Å². The van der Waals surface area contributed by atoms with Gasteiger partial charge in [-0.25, -0.2) is 0 Å². The van der Waals surface area contributed by atoms with Gasteiger partial charge in [-0.1, -0.05) is 0 Å². The van der Waals surface area contributed by atoms with Crippen molar-refractivity contribution in [3.05, 3.63) is 0 Å². The Labute approximate surface area is 113 Å². The first-order valence-corrected chi connectivity index (χ1v) is 7.56. The van der Waals surface area contributed by atoms with Gasteiger partial charge in [0.1, 0.15) is 0 Å². The van der Waals surface area contributed by atoms with Crippen LogP contribution in [0, 0.1) is 5.92 Å². The maximum atomic E-state index is 12.6. The second-order valence-electron chi connectivity index (χ2n) is 6.45. The Hall–Kier alpha value is -1.10. The number of hydrogen-bond donors (Lipinski definition) is 1. The van der Waals surface area contributed by atoms with E-state index < -0.39 is 0 Å². The van der Waals surface area contributed by atoms with E-state index in [9.17, 15) is 9.59 Å². The molecule has 4 unspecified atom stereocenters. The number of hydrogen-bond acceptors (Lipinski definition) is 3. The van der Waals surface area contributed by atoms with Crippen molar-refractivity contribution in [1.29, 1.82) is 0 Å². The fourth-order valence-electron chi connectivity index (χ4n) is 4.40. The first kappa shape index (κ1) is 11.7. The number of rotatable bonds is 1. The summed E-state index contributed by atoms with van der Waals surface area (Å²) in [6.45, 7) is 2.23. The monoisotopic (exact) mass is 263 g/mol. The average molecular weight is 263 g/mol. The molecule has 104 valence electrons. The SMILES string of the molecule is O=C(C1CC2CCC1N2)N1CCN2C(=O)CCC2C1. The van der Waals surface area contributed by atoms with Gasteiger partial charge in [-0.15, -0.1) is 0 Å². The molecule has 4 atom stereocenters. The minimum absolute atomic E-state index is 0.197. The predicted octanol–water partition coefficient (Wildman–Crippen LogP) is -0.0399. The van der Waals surface area contributed by atoms with Gasteiger partial charge in [-0.3, -0.25) is 9.59 Å². The van der Waals surface area contributed by atoms with Crippen LogP contribution in [0.4, 0.5) is 0 Å². The van der Waals surface area contributed by atoms with Crippen LogP contribution in [-0.2, 0) is 9.59 Å². The fourth-order valence-corrected chi connectivity index (χ4v) is 4.40. The van der Waals surface area contributed by atoms with Gasteiger partial charge in [0.25, 0.3) is 0 Å². The van der Waals surface area contributed by atoms with Crippen LogP contribution in [0.25, 0.3) is 0 Å². The summed E-state index contributed by atoms with van der Waals surface area (Å²) in [5.41, 5.74) is 0. The third kappa shape index (κ3) is 1.78. The molecule has 2 bridgehead atoms. The van der Waals surface area contributed by atoms with Crippen molar-refractivity contribution in [2.45, 2.75) is 50.2 Å². The lowest BCUT2D eigenvalue weighted by atomic mass is 9.88. The van der Waals surface area contributed by atoms with E-state index in [0.717, 1.165) is 38.9 Å². The maximum Gasteiger partial charge on any atom is 0.227 e. The molecule has 5 nitrogen and oxygen atoms in total. The van der Waals surface area contributed by atoms with E-state index in [1.165, 1.54) is 6.42 Å². The minimum Gasteiger partial charge on any atom is -0.339 e. The van der Waals surface area contributed by atoms with Gasteiger partial charge in [-0.2, -0.15) is 0 Å². The van der Waals surface area contributed by atoms with E-state index in [4.69, 9.17) is 0 Å². The standard InChI is InChI=1S/C14H21N3O2/c18-13-4-2-10-8-16(5-6-17(10)13)14(19)11-7-9-1-3-12(11)15-9/h9-12,15H,1-8H2. The summed E-state index contributed by atoms with van der Waals surface area (Å²) < 4.78 is 0. The topological polar surface area (TPSA) is 52.7 Å². The van der Waals surface area contributed by atoms with Crippen molar-refractivity contribution in [2.75, 3.05) is 19.6 Å². The van der Waals surface area contributed by atoms with Crippen molar-refractivity contribution < 1.29 is 9.59 Å². The second kappa shape index (κ2) is 4.20. The zero-order valence-electron chi connectivity index (χ0n) is 11.2. The molecule has 5 heteroatoms. The Morgan fingerprint density at radius 2 is 2.11 bits per heavy atom. The van der Waals surface area contributed by atoms with Crippen LogP contribution >= 0.6 is 0 Å². The van der Waals surface area contributed by atoms with Gasteiger partial charge in [0.05, 0.1) is 5.92 Å². The highest BCUT2D eigenvalue weighted by atomic mass is 16.2. The molecule has 0 aliphatic carbocycles. The summed E-state index contributed by atoms with van der Waals surface area (Å²) in [6.07, 6.45) is 5.01. The van der Waals surface area contributed by atoms with E-state index >= 15 is 0 Å². The molecule has 2 amide bonds. The van der Waals surface area contributed by atoms with Gasteiger partial charge in [-0.05, 0) is 25.7 Å². The maximum absolute atomic E-state index is 12.6. The van der Waals surface area contributed by atoms with E-state index in [0.29, 0.717) is 24.4 Å². The first-order valence-electron chi connectivity index (χ1n) is 7.56. The van der Waals surface area contributed by atoms with Gasteiger partial charge in [0.15, 0.2) is 0 Å². The number of fused-ring (bicyclic) bond motifs is 3. The summed E-state index contributed by atoms with van der Waals surface area (Å²) in [6, 6.07) is 1.28. The van der Waals surface area contributed by atoms with Crippen molar-refractivity contribution in [1.82, 2.24) is 15.1 Å². The first-order chi connectivity index (χ1) is 9.22. The second-order valence-corrected chi connectivity index (χ2v) is 6.45. The van der Waals surface area contributed by atoms with Crippen molar-refractivity contribution >= 4 is 11.8 Å². The van der Waals surface area contributed by atoms with Crippen LogP contribution in [0.15, 0.2) is 0 Å². The van der Waals surface area contributed by atoms with Gasteiger partial charge in [0, 0.05) is 44.2 Å². The highest BCUT2D eigenvalue weighted by molar-refractivity contribution is 5.82. The Morgan fingerprint density at radius 1 is 1.21 bits per heavy atom. The van der Waals surface area contributed by atoms with E-state index in [1.54, 1.807) is 0 Å². The molecule has 1 N–H and O–H groups in total. The molecule has 0 saturated carbocycles. The molecule has 4 aliphatic rings. The largest absolute Gasteiger partial charge is 0.339 e. The molecule has 0 radical (unpaired) electrons. The van der Waals surface area contributed by atoms with Crippen LogP contribution in [0.3, 0.4) is 0 Å². The number of piperazine rings is 1. The lowest BCUT2D eigenvalue weighted by Gasteiger charge is -2.39. The van der Waals surface area contributed by atoms with Gasteiger partial charge >= 0.3 is 0 Å². The molecule has 0 spiro atoms. The number of carbonyl (C=O) groups is 2. The van der Waals surface area contributed by atoms with Crippen LogP contribution in [0.2, 0.25) is 0 Å². The Bertz CT molecular complexity index is 425. The smallest absolute Gasteiger partial charge is 0.227 e. The highest BCUT2D eigenvalue weighted by Crippen LogP contribution is 2.35. The summed E-state index contributed by atoms with van der Waals surface area (Å²) in [4.78, 5) is 28.3. The molecular weight excluding hydrogens is 242 g/mol. The van der Waals surface area contributed by atoms with Crippen molar-refractivity contribution in [3.63, 3.8) is 0 Å². The lowest BCUT2D eigenvalue weighted by Crippen LogP contribution is -2.55. The van der Waals surface area contributed by atoms with Crippen LogP contribution in [0.1, 0.15) is 32.1 Å². The highest BCUT2D eigenvalue weighted by Gasteiger charge is 2.46. The van der Waals surface area contributed by atoms with Gasteiger partial charge < -0.3 is 15.1 Å². The molecule has 4 saturated heterocycles. The van der Waals surface area contributed by atoms with Gasteiger partial charge in [0.2, 0.25) is 11.8 Å². The molecule has 0 aromatic carbocycles.